The van der Waals surface area contributed by atoms with Crippen LogP contribution in [0.25, 0.3) is 5.70 Å². The predicted octanol–water partition coefficient (Wildman–Crippen LogP) is 1.97. The van der Waals surface area contributed by atoms with Crippen molar-refractivity contribution in [3.63, 3.8) is 0 Å². The second-order valence-electron chi connectivity index (χ2n) is 2.50. The number of benzene rings is 1. The molecule has 0 bridgehead atoms. The van der Waals surface area contributed by atoms with Gasteiger partial charge in [0, 0.05) is 12.7 Å². The Hall–Kier alpha value is -1.44. The van der Waals surface area contributed by atoms with Crippen LogP contribution in [0.15, 0.2) is 30.3 Å². The van der Waals surface area contributed by atoms with Crippen molar-refractivity contribution in [1.29, 1.82) is 0 Å². The van der Waals surface area contributed by atoms with E-state index in [-0.39, 0.29) is 0 Å². The maximum atomic E-state index is 9.04. The minimum Gasteiger partial charge on any atom is -0.508 e. The third kappa shape index (κ3) is 1.78. The van der Waals surface area contributed by atoms with Crippen molar-refractivity contribution < 1.29 is 5.11 Å². The number of allylic oxidation sites excluding steroid dienone is 1. The Bertz CT molecular complexity index is 274. The highest BCUT2D eigenvalue weighted by atomic mass is 16.3. The number of phenolic OH excluding ortho intramolecular Hbond substituents is 1. The fourth-order valence-electron chi connectivity index (χ4n) is 1.10. The van der Waals surface area contributed by atoms with Gasteiger partial charge < -0.3 is 10.4 Å². The first-order chi connectivity index (χ1) is 5.77. The average molecular weight is 163 g/mol. The lowest BCUT2D eigenvalue weighted by Crippen LogP contribution is -2.03. The number of aromatic hydroxyl groups is 1. The van der Waals surface area contributed by atoms with Crippen LogP contribution in [0.4, 0.5) is 0 Å². The minimum absolute atomic E-state index is 0.297. The van der Waals surface area contributed by atoms with Gasteiger partial charge in [-0.1, -0.05) is 6.08 Å². The summed E-state index contributed by atoms with van der Waals surface area (Å²) >= 11 is 0. The highest BCUT2D eigenvalue weighted by Crippen LogP contribution is 2.15. The van der Waals surface area contributed by atoms with Crippen molar-refractivity contribution in [2.45, 2.75) is 6.92 Å². The summed E-state index contributed by atoms with van der Waals surface area (Å²) in [5.74, 6) is 0.297. The molecule has 0 aliphatic heterocycles. The predicted molar refractivity (Wildman–Crippen MR) is 50.8 cm³/mol. The summed E-state index contributed by atoms with van der Waals surface area (Å²) in [6, 6.07) is 7.11. The molecule has 0 amide bonds. The molecule has 12 heavy (non-hydrogen) atoms. The van der Waals surface area contributed by atoms with Gasteiger partial charge in [-0.2, -0.15) is 0 Å². The summed E-state index contributed by atoms with van der Waals surface area (Å²) in [6.45, 7) is 1.97. The quantitative estimate of drug-likeness (QED) is 0.698. The van der Waals surface area contributed by atoms with E-state index in [2.05, 4.69) is 5.32 Å². The van der Waals surface area contributed by atoms with Crippen LogP contribution in [-0.4, -0.2) is 12.2 Å². The second kappa shape index (κ2) is 3.81. The fraction of sp³-hybridized carbons (Fsp3) is 0.200. The molecule has 0 spiro atoms. The number of rotatable bonds is 2. The molecule has 0 fully saturated rings. The van der Waals surface area contributed by atoms with E-state index in [9.17, 15) is 0 Å². The van der Waals surface area contributed by atoms with Gasteiger partial charge in [0.25, 0.3) is 0 Å². The third-order valence-electron chi connectivity index (χ3n) is 1.74. The number of nitrogens with one attached hydrogen (secondary N) is 1. The first-order valence-corrected chi connectivity index (χ1v) is 3.91. The highest BCUT2D eigenvalue weighted by molar-refractivity contribution is 5.63. The molecule has 0 aromatic heterocycles. The summed E-state index contributed by atoms with van der Waals surface area (Å²) in [6.07, 6.45) is 1.99. The van der Waals surface area contributed by atoms with Crippen LogP contribution >= 0.6 is 0 Å². The van der Waals surface area contributed by atoms with Crippen LogP contribution < -0.4 is 5.32 Å². The molecule has 0 aliphatic rings. The van der Waals surface area contributed by atoms with E-state index in [1.54, 1.807) is 12.1 Å². The van der Waals surface area contributed by atoms with Crippen LogP contribution in [-0.2, 0) is 0 Å². The lowest BCUT2D eigenvalue weighted by molar-refractivity contribution is 0.475. The zero-order valence-electron chi connectivity index (χ0n) is 7.33. The first-order valence-electron chi connectivity index (χ1n) is 3.91. The lowest BCUT2D eigenvalue weighted by atomic mass is 10.1. The Morgan fingerprint density at radius 1 is 1.33 bits per heavy atom. The lowest BCUT2D eigenvalue weighted by Gasteiger charge is -2.05. The minimum atomic E-state index is 0.297. The second-order valence-corrected chi connectivity index (χ2v) is 2.50. The molecule has 1 rings (SSSR count). The molecular weight excluding hydrogens is 150 g/mol. The Kier molecular flexibility index (Phi) is 2.75. The molecule has 0 saturated heterocycles. The van der Waals surface area contributed by atoms with E-state index in [1.165, 1.54) is 0 Å². The molecule has 2 N–H and O–H groups in total. The number of phenols is 1. The molecule has 64 valence electrons. The molecule has 1 aromatic rings. The fourth-order valence-corrected chi connectivity index (χ4v) is 1.10. The Balaban J connectivity index is 2.96. The normalized spacial score (nSPS) is 11.3. The molecule has 0 heterocycles. The van der Waals surface area contributed by atoms with Gasteiger partial charge in [0.05, 0.1) is 0 Å². The van der Waals surface area contributed by atoms with Crippen LogP contribution in [0.1, 0.15) is 12.5 Å². The summed E-state index contributed by atoms with van der Waals surface area (Å²) in [4.78, 5) is 0. The van der Waals surface area contributed by atoms with Gasteiger partial charge in [-0.15, -0.1) is 0 Å². The van der Waals surface area contributed by atoms with Crippen molar-refractivity contribution in [3.05, 3.63) is 35.9 Å². The molecule has 0 saturated carbocycles. The molecule has 0 unspecified atom stereocenters. The maximum absolute atomic E-state index is 9.04. The van der Waals surface area contributed by atoms with Crippen LogP contribution in [0.5, 0.6) is 5.75 Å². The van der Waals surface area contributed by atoms with Gasteiger partial charge in [0.15, 0.2) is 0 Å². The van der Waals surface area contributed by atoms with Crippen LogP contribution in [0, 0.1) is 0 Å². The number of hydrogen-bond donors (Lipinski definition) is 2. The largest absolute Gasteiger partial charge is 0.508 e. The van der Waals surface area contributed by atoms with Crippen molar-refractivity contribution in [1.82, 2.24) is 5.32 Å². The highest BCUT2D eigenvalue weighted by Gasteiger charge is 1.96. The van der Waals surface area contributed by atoms with Gasteiger partial charge in [-0.25, -0.2) is 0 Å². The third-order valence-corrected chi connectivity index (χ3v) is 1.74. The van der Waals surface area contributed by atoms with Crippen LogP contribution in [0.2, 0.25) is 0 Å². The van der Waals surface area contributed by atoms with Crippen molar-refractivity contribution in [2.24, 2.45) is 0 Å². The van der Waals surface area contributed by atoms with Crippen LogP contribution in [0.3, 0.4) is 0 Å². The zero-order valence-corrected chi connectivity index (χ0v) is 7.33. The average Bonchev–Trinajstić information content (AvgIpc) is 2.10. The zero-order chi connectivity index (χ0) is 8.97. The maximum Gasteiger partial charge on any atom is 0.115 e. The van der Waals surface area contributed by atoms with Gasteiger partial charge in [-0.3, -0.25) is 0 Å². The monoisotopic (exact) mass is 163 g/mol. The van der Waals surface area contributed by atoms with E-state index in [1.807, 2.05) is 32.2 Å². The number of hydrogen-bond acceptors (Lipinski definition) is 2. The molecule has 0 atom stereocenters. The van der Waals surface area contributed by atoms with Gasteiger partial charge in [-0.05, 0) is 36.8 Å². The summed E-state index contributed by atoms with van der Waals surface area (Å²) in [7, 11) is 1.88. The standard InChI is InChI=1S/C10H13NO/c1-3-10(11-2)8-4-6-9(12)7-5-8/h3-7,11-12H,1-2H3/b10-3-. The Labute approximate surface area is 72.5 Å². The van der Waals surface area contributed by atoms with Crippen molar-refractivity contribution in [3.8, 4) is 5.75 Å². The Morgan fingerprint density at radius 3 is 2.33 bits per heavy atom. The molecule has 0 radical (unpaired) electrons. The topological polar surface area (TPSA) is 32.3 Å². The first kappa shape index (κ1) is 8.65. The van der Waals surface area contributed by atoms with Gasteiger partial charge in [0.2, 0.25) is 0 Å². The Morgan fingerprint density at radius 2 is 1.92 bits per heavy atom. The molecule has 2 nitrogen and oxygen atoms in total. The molecule has 2 heteroatoms. The van der Waals surface area contributed by atoms with Crippen molar-refractivity contribution in [2.75, 3.05) is 7.05 Å². The molecule has 1 aromatic carbocycles. The SMILES string of the molecule is C/C=C(\NC)c1ccc(O)cc1. The van der Waals surface area contributed by atoms with E-state index in [0.717, 1.165) is 11.3 Å². The molecule has 0 aliphatic carbocycles. The van der Waals surface area contributed by atoms with E-state index in [4.69, 9.17) is 5.11 Å². The van der Waals surface area contributed by atoms with E-state index < -0.39 is 0 Å². The van der Waals surface area contributed by atoms with Gasteiger partial charge >= 0.3 is 0 Å². The van der Waals surface area contributed by atoms with Crippen molar-refractivity contribution >= 4 is 5.70 Å². The van der Waals surface area contributed by atoms with E-state index in [0.29, 0.717) is 5.75 Å². The summed E-state index contributed by atoms with van der Waals surface area (Å²) in [5, 5.41) is 12.1. The summed E-state index contributed by atoms with van der Waals surface area (Å²) in [5.41, 5.74) is 2.15. The smallest absolute Gasteiger partial charge is 0.115 e. The van der Waals surface area contributed by atoms with E-state index >= 15 is 0 Å². The molecular formula is C10H13NO. The summed E-state index contributed by atoms with van der Waals surface area (Å²) < 4.78 is 0. The van der Waals surface area contributed by atoms with Gasteiger partial charge in [0.1, 0.15) is 5.75 Å².